The Bertz CT molecular complexity index is 1120. The van der Waals surface area contributed by atoms with E-state index in [4.69, 9.17) is 9.84 Å². The first-order valence-electron chi connectivity index (χ1n) is 9.52. The van der Waals surface area contributed by atoms with E-state index >= 15 is 0 Å². The number of methoxy groups -OCH3 is 1. The van der Waals surface area contributed by atoms with Gasteiger partial charge in [-0.2, -0.15) is 5.10 Å². The zero-order chi connectivity index (χ0) is 21.1. The standard InChI is InChI=1S/C22H20N4O4/c1-30-15-7-5-14(6-8-15)18-13-19(26(25-18)20(27)9-10-21(28)29)16-3-2-4-17-22(16)24-12-11-23-17/h2-8,11-12,19H,9-10,13H2,1H3,(H,28,29). The fraction of sp³-hybridized carbons (Fsp3) is 0.227. The summed E-state index contributed by atoms with van der Waals surface area (Å²) in [5, 5.41) is 14.9. The van der Waals surface area contributed by atoms with Crippen molar-refractivity contribution in [2.24, 2.45) is 5.10 Å². The van der Waals surface area contributed by atoms with E-state index in [0.717, 1.165) is 28.1 Å². The molecular formula is C22H20N4O4. The molecule has 30 heavy (non-hydrogen) atoms. The molecule has 1 N–H and O–H groups in total. The van der Waals surface area contributed by atoms with Crippen LogP contribution < -0.4 is 4.74 Å². The van der Waals surface area contributed by atoms with Crippen LogP contribution in [0.4, 0.5) is 0 Å². The number of hydrazone groups is 1. The summed E-state index contributed by atoms with van der Waals surface area (Å²) in [5.74, 6) is -0.631. The second-order valence-corrected chi connectivity index (χ2v) is 6.90. The highest BCUT2D eigenvalue weighted by molar-refractivity contribution is 6.03. The predicted molar refractivity (Wildman–Crippen MR) is 110 cm³/mol. The first-order valence-corrected chi connectivity index (χ1v) is 9.52. The van der Waals surface area contributed by atoms with Crippen molar-refractivity contribution in [3.8, 4) is 5.75 Å². The van der Waals surface area contributed by atoms with E-state index in [-0.39, 0.29) is 24.8 Å². The van der Waals surface area contributed by atoms with Gasteiger partial charge in [0.25, 0.3) is 0 Å². The van der Waals surface area contributed by atoms with E-state index in [9.17, 15) is 9.59 Å². The first kappa shape index (κ1) is 19.5. The third-order valence-electron chi connectivity index (χ3n) is 5.03. The van der Waals surface area contributed by atoms with Crippen LogP contribution in [0.25, 0.3) is 11.0 Å². The van der Waals surface area contributed by atoms with E-state index in [1.807, 2.05) is 42.5 Å². The maximum atomic E-state index is 12.8. The number of carbonyl (C=O) groups is 2. The van der Waals surface area contributed by atoms with E-state index in [1.54, 1.807) is 19.5 Å². The molecule has 1 unspecified atom stereocenters. The highest BCUT2D eigenvalue weighted by Crippen LogP contribution is 2.36. The molecule has 0 fully saturated rings. The Morgan fingerprint density at radius 1 is 1.10 bits per heavy atom. The number of nitrogens with zero attached hydrogens (tertiary/aromatic N) is 4. The molecule has 2 aromatic carbocycles. The Kier molecular flexibility index (Phi) is 5.38. The lowest BCUT2D eigenvalue weighted by atomic mass is 9.97. The van der Waals surface area contributed by atoms with Gasteiger partial charge in [-0.15, -0.1) is 0 Å². The lowest BCUT2D eigenvalue weighted by molar-refractivity contribution is -0.141. The van der Waals surface area contributed by atoms with Gasteiger partial charge in [0, 0.05) is 30.8 Å². The number of carboxylic acids is 1. The molecular weight excluding hydrogens is 384 g/mol. The van der Waals surface area contributed by atoms with Gasteiger partial charge in [-0.1, -0.05) is 12.1 Å². The Morgan fingerprint density at radius 3 is 2.60 bits per heavy atom. The van der Waals surface area contributed by atoms with Crippen LogP contribution in [0.15, 0.2) is 60.0 Å². The number of carbonyl (C=O) groups excluding carboxylic acids is 1. The second kappa shape index (κ2) is 8.28. The molecule has 0 aliphatic carbocycles. The molecule has 1 aliphatic heterocycles. The third-order valence-corrected chi connectivity index (χ3v) is 5.03. The van der Waals surface area contributed by atoms with Crippen molar-refractivity contribution in [1.29, 1.82) is 0 Å². The van der Waals surface area contributed by atoms with Gasteiger partial charge in [0.1, 0.15) is 5.75 Å². The minimum absolute atomic E-state index is 0.123. The minimum Gasteiger partial charge on any atom is -0.497 e. The Balaban J connectivity index is 1.72. The highest BCUT2D eigenvalue weighted by Gasteiger charge is 2.34. The van der Waals surface area contributed by atoms with Crippen molar-refractivity contribution in [3.63, 3.8) is 0 Å². The zero-order valence-corrected chi connectivity index (χ0v) is 16.4. The number of hydrogen-bond acceptors (Lipinski definition) is 6. The van der Waals surface area contributed by atoms with Gasteiger partial charge in [-0.25, -0.2) is 5.01 Å². The monoisotopic (exact) mass is 404 g/mol. The molecule has 8 heteroatoms. The van der Waals surface area contributed by atoms with Gasteiger partial charge in [0.15, 0.2) is 0 Å². The minimum atomic E-state index is -1.02. The van der Waals surface area contributed by atoms with Crippen molar-refractivity contribution in [2.75, 3.05) is 7.11 Å². The number of benzene rings is 2. The molecule has 4 rings (SSSR count). The van der Waals surface area contributed by atoms with E-state index in [0.29, 0.717) is 11.9 Å². The number of aromatic nitrogens is 2. The Labute approximate surface area is 172 Å². The molecule has 0 bridgehead atoms. The second-order valence-electron chi connectivity index (χ2n) is 6.90. The molecule has 0 spiro atoms. The van der Waals surface area contributed by atoms with E-state index < -0.39 is 5.97 Å². The van der Waals surface area contributed by atoms with Crippen molar-refractivity contribution < 1.29 is 19.4 Å². The summed E-state index contributed by atoms with van der Waals surface area (Å²) >= 11 is 0. The molecule has 152 valence electrons. The van der Waals surface area contributed by atoms with Crippen LogP contribution in [0, 0.1) is 0 Å². The van der Waals surface area contributed by atoms with E-state index in [2.05, 4.69) is 15.1 Å². The van der Waals surface area contributed by atoms with Crippen LogP contribution in [-0.4, -0.2) is 44.8 Å². The lowest BCUT2D eigenvalue weighted by Gasteiger charge is -2.22. The summed E-state index contributed by atoms with van der Waals surface area (Å²) in [6, 6.07) is 12.7. The third kappa shape index (κ3) is 3.84. The maximum Gasteiger partial charge on any atom is 0.303 e. The quantitative estimate of drug-likeness (QED) is 0.677. The van der Waals surface area contributed by atoms with Crippen LogP contribution in [0.3, 0.4) is 0 Å². The number of amides is 1. The number of para-hydroxylation sites is 1. The molecule has 2 heterocycles. The molecule has 8 nitrogen and oxygen atoms in total. The normalized spacial score (nSPS) is 15.8. The average molecular weight is 404 g/mol. The SMILES string of the molecule is COc1ccc(C2=NN(C(=O)CCC(=O)O)C(c3cccc4nccnc34)C2)cc1. The number of rotatable bonds is 6. The molecule has 1 aromatic heterocycles. The summed E-state index contributed by atoms with van der Waals surface area (Å²) in [6.45, 7) is 0. The molecule has 1 aliphatic rings. The summed E-state index contributed by atoms with van der Waals surface area (Å²) < 4.78 is 5.21. The molecule has 1 atom stereocenters. The predicted octanol–water partition coefficient (Wildman–Crippen LogP) is 3.18. The lowest BCUT2D eigenvalue weighted by Crippen LogP contribution is -2.27. The molecule has 0 saturated carbocycles. The van der Waals surface area contributed by atoms with Crippen LogP contribution in [0.2, 0.25) is 0 Å². The smallest absolute Gasteiger partial charge is 0.303 e. The van der Waals surface area contributed by atoms with Crippen LogP contribution in [0.1, 0.15) is 36.4 Å². The van der Waals surface area contributed by atoms with Crippen molar-refractivity contribution in [1.82, 2.24) is 15.0 Å². The number of fused-ring (bicyclic) bond motifs is 1. The van der Waals surface area contributed by atoms with Crippen molar-refractivity contribution in [2.45, 2.75) is 25.3 Å². The van der Waals surface area contributed by atoms with Crippen molar-refractivity contribution in [3.05, 3.63) is 66.0 Å². The number of ether oxygens (including phenoxy) is 1. The topological polar surface area (TPSA) is 105 Å². The summed E-state index contributed by atoms with van der Waals surface area (Å²) in [7, 11) is 1.60. The van der Waals surface area contributed by atoms with Crippen LogP contribution >= 0.6 is 0 Å². The van der Waals surface area contributed by atoms with Crippen LogP contribution in [-0.2, 0) is 9.59 Å². The number of carboxylic acid groups (broad SMARTS) is 1. The maximum absolute atomic E-state index is 12.8. The molecule has 0 radical (unpaired) electrons. The van der Waals surface area contributed by atoms with Gasteiger partial charge in [0.2, 0.25) is 5.91 Å². The number of hydrogen-bond donors (Lipinski definition) is 1. The highest BCUT2D eigenvalue weighted by atomic mass is 16.5. The van der Waals surface area contributed by atoms with Crippen LogP contribution in [0.5, 0.6) is 5.75 Å². The molecule has 1 amide bonds. The van der Waals surface area contributed by atoms with Gasteiger partial charge in [0.05, 0.1) is 36.3 Å². The molecule has 3 aromatic rings. The fourth-order valence-corrected chi connectivity index (χ4v) is 3.55. The van der Waals surface area contributed by atoms with Gasteiger partial charge >= 0.3 is 5.97 Å². The largest absolute Gasteiger partial charge is 0.497 e. The fourth-order valence-electron chi connectivity index (χ4n) is 3.55. The van der Waals surface area contributed by atoms with Crippen molar-refractivity contribution >= 4 is 28.6 Å². The summed E-state index contributed by atoms with van der Waals surface area (Å²) in [6.07, 6.45) is 3.35. The summed E-state index contributed by atoms with van der Waals surface area (Å²) in [5.41, 5.74) is 3.88. The first-order chi connectivity index (χ1) is 14.6. The number of aliphatic carboxylic acids is 1. The Hall–Kier alpha value is -3.81. The van der Waals surface area contributed by atoms with Gasteiger partial charge in [-0.05, 0) is 35.9 Å². The summed E-state index contributed by atoms with van der Waals surface area (Å²) in [4.78, 5) is 32.6. The average Bonchev–Trinajstić information content (AvgIpc) is 3.22. The zero-order valence-electron chi connectivity index (χ0n) is 16.4. The van der Waals surface area contributed by atoms with Gasteiger partial charge in [-0.3, -0.25) is 19.6 Å². The van der Waals surface area contributed by atoms with E-state index in [1.165, 1.54) is 5.01 Å². The van der Waals surface area contributed by atoms with Gasteiger partial charge < -0.3 is 9.84 Å². The Morgan fingerprint density at radius 2 is 1.87 bits per heavy atom. The molecule has 0 saturated heterocycles.